The number of nitrogens with zero attached hydrogens (tertiary/aromatic N) is 3. The van der Waals surface area contributed by atoms with Crippen molar-refractivity contribution in [3.8, 4) is 0 Å². The van der Waals surface area contributed by atoms with Gasteiger partial charge in [0.25, 0.3) is 0 Å². The van der Waals surface area contributed by atoms with E-state index in [0.717, 1.165) is 42.3 Å². The molecule has 0 radical (unpaired) electrons. The number of anilines is 2. The van der Waals surface area contributed by atoms with Gasteiger partial charge in [0.15, 0.2) is 5.11 Å². The van der Waals surface area contributed by atoms with Crippen molar-refractivity contribution >= 4 is 28.7 Å². The van der Waals surface area contributed by atoms with Crippen molar-refractivity contribution in [3.05, 3.63) is 60.7 Å². The SMILES string of the molecule is S=C(NC[C@H]1C[C@@H]2CCN1C[C@@H]2CN1CCN(c2ccccc2)CC1)Nc1ccccc1. The van der Waals surface area contributed by atoms with Crippen LogP contribution in [0.5, 0.6) is 0 Å². The summed E-state index contributed by atoms with van der Waals surface area (Å²) in [5.74, 6) is 1.67. The smallest absolute Gasteiger partial charge is 0.170 e. The Balaban J connectivity index is 1.06. The molecule has 4 heterocycles. The Morgan fingerprint density at radius 1 is 0.906 bits per heavy atom. The molecular weight excluding hydrogens is 414 g/mol. The highest BCUT2D eigenvalue weighted by atomic mass is 32.1. The molecule has 2 aromatic rings. The fourth-order valence-electron chi connectivity index (χ4n) is 5.74. The van der Waals surface area contributed by atoms with Crippen LogP contribution in [0.4, 0.5) is 11.4 Å². The Labute approximate surface area is 197 Å². The molecule has 0 saturated carbocycles. The Hall–Kier alpha value is -2.15. The van der Waals surface area contributed by atoms with Crippen LogP contribution < -0.4 is 15.5 Å². The van der Waals surface area contributed by atoms with Gasteiger partial charge in [-0.15, -0.1) is 0 Å². The third kappa shape index (κ3) is 5.25. The van der Waals surface area contributed by atoms with Crippen LogP contribution in [0, 0.1) is 11.8 Å². The predicted octanol–water partition coefficient (Wildman–Crippen LogP) is 3.51. The molecule has 2 aromatic carbocycles. The maximum absolute atomic E-state index is 5.52. The van der Waals surface area contributed by atoms with Crippen LogP contribution in [0.1, 0.15) is 12.8 Å². The summed E-state index contributed by atoms with van der Waals surface area (Å²) in [6.07, 6.45) is 2.66. The molecule has 6 rings (SSSR count). The molecule has 4 saturated heterocycles. The Bertz CT molecular complexity index is 868. The van der Waals surface area contributed by atoms with Crippen LogP contribution in [-0.2, 0) is 0 Å². The van der Waals surface area contributed by atoms with Crippen molar-refractivity contribution in [2.24, 2.45) is 11.8 Å². The molecule has 2 bridgehead atoms. The fraction of sp³-hybridized carbons (Fsp3) is 0.500. The minimum absolute atomic E-state index is 0.607. The standard InChI is InChI=1S/C26H35N5S/c32-26(28-23-7-3-1-4-8-23)27-18-25-17-21-11-12-31(25)20-22(21)19-29-13-15-30(16-14-29)24-9-5-2-6-10-24/h1-10,21-22,25H,11-20H2,(H2,27,28,32)/t21-,22-,25+/m0/s1. The average Bonchev–Trinajstić information content (AvgIpc) is 2.85. The number of fused-ring (bicyclic) bond motifs is 3. The van der Waals surface area contributed by atoms with Gasteiger partial charge < -0.3 is 15.5 Å². The molecule has 5 nitrogen and oxygen atoms in total. The van der Waals surface area contributed by atoms with Gasteiger partial charge in [0, 0.05) is 63.2 Å². The van der Waals surface area contributed by atoms with Gasteiger partial charge in [-0.25, -0.2) is 0 Å². The lowest BCUT2D eigenvalue weighted by molar-refractivity contribution is -0.0110. The van der Waals surface area contributed by atoms with Gasteiger partial charge in [-0.3, -0.25) is 9.80 Å². The molecule has 4 fully saturated rings. The molecule has 4 aliphatic heterocycles. The maximum atomic E-state index is 5.52. The fourth-order valence-corrected chi connectivity index (χ4v) is 5.94. The lowest BCUT2D eigenvalue weighted by atomic mass is 9.75. The number of hydrogen-bond acceptors (Lipinski definition) is 4. The van der Waals surface area contributed by atoms with E-state index in [9.17, 15) is 0 Å². The lowest BCUT2D eigenvalue weighted by Gasteiger charge is -2.51. The van der Waals surface area contributed by atoms with Gasteiger partial charge in [-0.05, 0) is 67.7 Å². The number of piperidine rings is 3. The number of benzene rings is 2. The summed E-state index contributed by atoms with van der Waals surface area (Å²) in [4.78, 5) is 7.95. The highest BCUT2D eigenvalue weighted by molar-refractivity contribution is 7.80. The summed E-state index contributed by atoms with van der Waals surface area (Å²) < 4.78 is 0. The zero-order valence-corrected chi connectivity index (χ0v) is 19.6. The Kier molecular flexibility index (Phi) is 6.91. The van der Waals surface area contributed by atoms with Gasteiger partial charge in [0.1, 0.15) is 0 Å². The van der Waals surface area contributed by atoms with Crippen molar-refractivity contribution in [2.75, 3.05) is 62.6 Å². The minimum atomic E-state index is 0.607. The molecular formula is C26H35N5S. The summed E-state index contributed by atoms with van der Waals surface area (Å²) in [6.45, 7) is 9.34. The number of hydrogen-bond donors (Lipinski definition) is 2. The molecule has 0 aromatic heterocycles. The quantitative estimate of drug-likeness (QED) is 0.657. The highest BCUT2D eigenvalue weighted by Gasteiger charge is 2.40. The molecule has 4 aliphatic rings. The van der Waals surface area contributed by atoms with Crippen LogP contribution in [0.25, 0.3) is 0 Å². The molecule has 0 spiro atoms. The normalized spacial score (nSPS) is 27.8. The zero-order chi connectivity index (χ0) is 21.8. The van der Waals surface area contributed by atoms with Crippen molar-refractivity contribution in [1.29, 1.82) is 0 Å². The van der Waals surface area contributed by atoms with E-state index in [4.69, 9.17) is 12.2 Å². The number of nitrogens with one attached hydrogen (secondary N) is 2. The number of thiocarbonyl (C=S) groups is 1. The Morgan fingerprint density at radius 3 is 2.31 bits per heavy atom. The van der Waals surface area contributed by atoms with Crippen LogP contribution >= 0.6 is 12.2 Å². The van der Waals surface area contributed by atoms with E-state index in [2.05, 4.69) is 55.7 Å². The third-order valence-electron chi connectivity index (χ3n) is 7.53. The summed E-state index contributed by atoms with van der Waals surface area (Å²) in [7, 11) is 0. The summed E-state index contributed by atoms with van der Waals surface area (Å²) >= 11 is 5.52. The van der Waals surface area contributed by atoms with E-state index in [1.807, 2.05) is 30.3 Å². The molecule has 0 amide bonds. The van der Waals surface area contributed by atoms with Crippen molar-refractivity contribution in [3.63, 3.8) is 0 Å². The van der Waals surface area contributed by atoms with Crippen molar-refractivity contribution in [2.45, 2.75) is 18.9 Å². The number of piperazine rings is 1. The number of rotatable bonds is 6. The van der Waals surface area contributed by atoms with Gasteiger partial charge in [-0.2, -0.15) is 0 Å². The van der Waals surface area contributed by atoms with Crippen molar-refractivity contribution in [1.82, 2.24) is 15.1 Å². The molecule has 1 unspecified atom stereocenters. The second-order valence-corrected chi connectivity index (χ2v) is 9.93. The molecule has 4 atom stereocenters. The van der Waals surface area contributed by atoms with E-state index in [1.54, 1.807) is 0 Å². The summed E-state index contributed by atoms with van der Waals surface area (Å²) in [6, 6.07) is 21.6. The molecule has 32 heavy (non-hydrogen) atoms. The highest BCUT2D eigenvalue weighted by Crippen LogP contribution is 2.36. The van der Waals surface area contributed by atoms with E-state index in [0.29, 0.717) is 6.04 Å². The maximum Gasteiger partial charge on any atom is 0.170 e. The molecule has 2 N–H and O–H groups in total. The molecule has 0 aliphatic carbocycles. The topological polar surface area (TPSA) is 33.8 Å². The van der Waals surface area contributed by atoms with Gasteiger partial charge in [0.2, 0.25) is 0 Å². The summed E-state index contributed by atoms with van der Waals surface area (Å²) in [5.41, 5.74) is 2.41. The van der Waals surface area contributed by atoms with Crippen LogP contribution in [0.2, 0.25) is 0 Å². The zero-order valence-electron chi connectivity index (χ0n) is 18.8. The van der Waals surface area contributed by atoms with Crippen LogP contribution in [-0.4, -0.2) is 73.3 Å². The van der Waals surface area contributed by atoms with E-state index in [-0.39, 0.29) is 0 Å². The third-order valence-corrected chi connectivity index (χ3v) is 7.78. The lowest BCUT2D eigenvalue weighted by Crippen LogP contribution is -2.59. The van der Waals surface area contributed by atoms with Gasteiger partial charge >= 0.3 is 0 Å². The summed E-state index contributed by atoms with van der Waals surface area (Å²) in [5, 5.41) is 7.49. The second kappa shape index (κ2) is 10.2. The van der Waals surface area contributed by atoms with E-state index in [1.165, 1.54) is 51.3 Å². The van der Waals surface area contributed by atoms with Crippen LogP contribution in [0.15, 0.2) is 60.7 Å². The first-order valence-electron chi connectivity index (χ1n) is 12.1. The monoisotopic (exact) mass is 449 g/mol. The average molecular weight is 450 g/mol. The first kappa shape index (κ1) is 21.7. The largest absolute Gasteiger partial charge is 0.369 e. The second-order valence-electron chi connectivity index (χ2n) is 9.52. The first-order valence-corrected chi connectivity index (χ1v) is 12.5. The predicted molar refractivity (Wildman–Crippen MR) is 137 cm³/mol. The van der Waals surface area contributed by atoms with Gasteiger partial charge in [-0.1, -0.05) is 36.4 Å². The van der Waals surface area contributed by atoms with Crippen molar-refractivity contribution < 1.29 is 0 Å². The van der Waals surface area contributed by atoms with E-state index >= 15 is 0 Å². The Morgan fingerprint density at radius 2 is 1.62 bits per heavy atom. The minimum Gasteiger partial charge on any atom is -0.369 e. The first-order chi connectivity index (χ1) is 15.7. The van der Waals surface area contributed by atoms with E-state index < -0.39 is 0 Å². The number of para-hydroxylation sites is 2. The molecule has 6 heteroatoms. The molecule has 170 valence electrons. The van der Waals surface area contributed by atoms with Gasteiger partial charge in [0.05, 0.1) is 0 Å². The van der Waals surface area contributed by atoms with Crippen LogP contribution in [0.3, 0.4) is 0 Å².